The lowest BCUT2D eigenvalue weighted by atomic mass is 10.1. The third-order valence-corrected chi connectivity index (χ3v) is 3.09. The van der Waals surface area contributed by atoms with Crippen LogP contribution in [0.5, 0.6) is 0 Å². The average Bonchev–Trinajstić information content (AvgIpc) is 2.99. The summed E-state index contributed by atoms with van der Waals surface area (Å²) < 4.78 is 5.22. The first-order valence-corrected chi connectivity index (χ1v) is 7.02. The molecule has 1 heterocycles. The van der Waals surface area contributed by atoms with Crippen LogP contribution in [0.2, 0.25) is 0 Å². The largest absolute Gasteiger partial charge is 0.461 e. The number of esters is 1. The minimum Gasteiger partial charge on any atom is -0.461 e. The Balaban J connectivity index is 1.52. The van der Waals surface area contributed by atoms with Crippen molar-refractivity contribution in [1.29, 1.82) is 0 Å². The SMILES string of the molecule is O=C(CCCCCc1ncc[nH]1)OCc1ccccc1. The van der Waals surface area contributed by atoms with Gasteiger partial charge in [-0.3, -0.25) is 4.79 Å². The first-order chi connectivity index (χ1) is 9.84. The number of rotatable bonds is 8. The molecular weight excluding hydrogens is 252 g/mol. The van der Waals surface area contributed by atoms with E-state index in [2.05, 4.69) is 9.97 Å². The molecule has 0 unspecified atom stereocenters. The molecule has 4 heteroatoms. The third-order valence-electron chi connectivity index (χ3n) is 3.09. The van der Waals surface area contributed by atoms with Crippen LogP contribution >= 0.6 is 0 Å². The average molecular weight is 272 g/mol. The van der Waals surface area contributed by atoms with Crippen LogP contribution in [0.4, 0.5) is 0 Å². The molecule has 2 rings (SSSR count). The van der Waals surface area contributed by atoms with Gasteiger partial charge in [-0.2, -0.15) is 0 Å². The highest BCUT2D eigenvalue weighted by molar-refractivity contribution is 5.69. The van der Waals surface area contributed by atoms with E-state index in [9.17, 15) is 4.79 Å². The molecule has 106 valence electrons. The number of aryl methyl sites for hydroxylation is 1. The molecule has 0 bridgehead atoms. The van der Waals surface area contributed by atoms with Gasteiger partial charge < -0.3 is 9.72 Å². The molecule has 0 aliphatic carbocycles. The predicted octanol–water partition coefficient (Wildman–Crippen LogP) is 3.26. The molecule has 0 spiro atoms. The minimum atomic E-state index is -0.119. The summed E-state index contributed by atoms with van der Waals surface area (Å²) in [6, 6.07) is 9.74. The van der Waals surface area contributed by atoms with E-state index in [0.717, 1.165) is 37.1 Å². The van der Waals surface area contributed by atoms with Crippen molar-refractivity contribution in [2.24, 2.45) is 0 Å². The normalized spacial score (nSPS) is 10.4. The predicted molar refractivity (Wildman–Crippen MR) is 77.0 cm³/mol. The Morgan fingerprint density at radius 2 is 2.00 bits per heavy atom. The Bertz CT molecular complexity index is 494. The van der Waals surface area contributed by atoms with Crippen LogP contribution in [0.3, 0.4) is 0 Å². The fourth-order valence-corrected chi connectivity index (χ4v) is 1.98. The van der Waals surface area contributed by atoms with Gasteiger partial charge in [0.2, 0.25) is 0 Å². The van der Waals surface area contributed by atoms with Crippen LogP contribution < -0.4 is 0 Å². The van der Waals surface area contributed by atoms with Crippen LogP contribution in [-0.2, 0) is 22.6 Å². The number of H-pyrrole nitrogens is 1. The summed E-state index contributed by atoms with van der Waals surface area (Å²) in [5.41, 5.74) is 1.03. The molecule has 0 fully saturated rings. The zero-order valence-corrected chi connectivity index (χ0v) is 11.5. The molecule has 1 aromatic heterocycles. The molecule has 0 aliphatic rings. The van der Waals surface area contributed by atoms with Gasteiger partial charge in [0.05, 0.1) is 0 Å². The summed E-state index contributed by atoms with van der Waals surface area (Å²) in [4.78, 5) is 18.8. The second-order valence-corrected chi connectivity index (χ2v) is 4.74. The number of carbonyl (C=O) groups is 1. The standard InChI is InChI=1S/C16H20N2O2/c19-16(20-13-14-7-3-1-4-8-14)10-6-2-5-9-15-17-11-12-18-15/h1,3-4,7-8,11-12H,2,5-6,9-10,13H2,(H,17,18). The Morgan fingerprint density at radius 3 is 2.75 bits per heavy atom. The van der Waals surface area contributed by atoms with Crippen LogP contribution in [0.25, 0.3) is 0 Å². The van der Waals surface area contributed by atoms with E-state index in [-0.39, 0.29) is 5.97 Å². The monoisotopic (exact) mass is 272 g/mol. The summed E-state index contributed by atoms with van der Waals surface area (Å²) >= 11 is 0. The van der Waals surface area contributed by atoms with Crippen LogP contribution in [0.15, 0.2) is 42.7 Å². The van der Waals surface area contributed by atoms with Crippen molar-refractivity contribution in [2.75, 3.05) is 0 Å². The van der Waals surface area contributed by atoms with Crippen molar-refractivity contribution >= 4 is 5.97 Å². The molecule has 1 aromatic carbocycles. The number of unbranched alkanes of at least 4 members (excludes halogenated alkanes) is 2. The number of aromatic amines is 1. The number of hydrogen-bond acceptors (Lipinski definition) is 3. The number of hydrogen-bond donors (Lipinski definition) is 1. The van der Waals surface area contributed by atoms with Gasteiger partial charge in [-0.15, -0.1) is 0 Å². The summed E-state index contributed by atoms with van der Waals surface area (Å²) in [6.45, 7) is 0.367. The van der Waals surface area contributed by atoms with Crippen molar-refractivity contribution in [3.63, 3.8) is 0 Å². The van der Waals surface area contributed by atoms with Crippen LogP contribution in [0, 0.1) is 0 Å². The highest BCUT2D eigenvalue weighted by Gasteiger charge is 2.03. The Hall–Kier alpha value is -2.10. The van der Waals surface area contributed by atoms with Crippen molar-refractivity contribution in [3.8, 4) is 0 Å². The molecule has 1 N–H and O–H groups in total. The molecule has 20 heavy (non-hydrogen) atoms. The van der Waals surface area contributed by atoms with Gasteiger partial charge in [-0.1, -0.05) is 36.8 Å². The Kier molecular flexibility index (Phi) is 5.83. The number of imidazole rings is 1. The van der Waals surface area contributed by atoms with E-state index >= 15 is 0 Å². The fraction of sp³-hybridized carbons (Fsp3) is 0.375. The van der Waals surface area contributed by atoms with Gasteiger partial charge in [-0.05, 0) is 18.4 Å². The lowest BCUT2D eigenvalue weighted by Crippen LogP contribution is -2.04. The van der Waals surface area contributed by atoms with Gasteiger partial charge >= 0.3 is 5.97 Å². The molecule has 0 radical (unpaired) electrons. The second kappa shape index (κ2) is 8.15. The first-order valence-electron chi connectivity index (χ1n) is 7.02. The maximum Gasteiger partial charge on any atom is 0.306 e. The number of benzene rings is 1. The van der Waals surface area contributed by atoms with Crippen LogP contribution in [-0.4, -0.2) is 15.9 Å². The van der Waals surface area contributed by atoms with Gasteiger partial charge in [0.25, 0.3) is 0 Å². The molecular formula is C16H20N2O2. The molecule has 2 aromatic rings. The zero-order valence-electron chi connectivity index (χ0n) is 11.5. The summed E-state index contributed by atoms with van der Waals surface area (Å²) in [7, 11) is 0. The molecule has 0 aliphatic heterocycles. The second-order valence-electron chi connectivity index (χ2n) is 4.74. The van der Waals surface area contributed by atoms with E-state index in [1.807, 2.05) is 36.5 Å². The van der Waals surface area contributed by atoms with Gasteiger partial charge in [0.1, 0.15) is 12.4 Å². The minimum absolute atomic E-state index is 0.119. The topological polar surface area (TPSA) is 55.0 Å². The van der Waals surface area contributed by atoms with Gasteiger partial charge in [-0.25, -0.2) is 4.98 Å². The summed E-state index contributed by atoms with van der Waals surface area (Å²) in [5.74, 6) is 0.892. The molecule has 0 amide bonds. The summed E-state index contributed by atoms with van der Waals surface area (Å²) in [5, 5.41) is 0. The number of aromatic nitrogens is 2. The van der Waals surface area contributed by atoms with Crippen LogP contribution in [0.1, 0.15) is 37.1 Å². The molecule has 0 saturated carbocycles. The Labute approximate surface area is 119 Å². The van der Waals surface area contributed by atoms with Crippen molar-refractivity contribution in [2.45, 2.75) is 38.7 Å². The van der Waals surface area contributed by atoms with Crippen molar-refractivity contribution < 1.29 is 9.53 Å². The van der Waals surface area contributed by atoms with E-state index in [1.54, 1.807) is 6.20 Å². The molecule has 4 nitrogen and oxygen atoms in total. The van der Waals surface area contributed by atoms with Crippen molar-refractivity contribution in [1.82, 2.24) is 9.97 Å². The maximum absolute atomic E-state index is 11.6. The zero-order chi connectivity index (χ0) is 14.0. The lowest BCUT2D eigenvalue weighted by Gasteiger charge is -2.04. The molecule has 0 saturated heterocycles. The summed E-state index contributed by atoms with van der Waals surface area (Å²) in [6.07, 6.45) is 7.94. The first kappa shape index (κ1) is 14.3. The Morgan fingerprint density at radius 1 is 1.15 bits per heavy atom. The quantitative estimate of drug-likeness (QED) is 0.593. The maximum atomic E-state index is 11.6. The van der Waals surface area contributed by atoms with E-state index in [4.69, 9.17) is 4.74 Å². The van der Waals surface area contributed by atoms with E-state index < -0.39 is 0 Å². The third kappa shape index (κ3) is 5.26. The smallest absolute Gasteiger partial charge is 0.306 e. The number of ether oxygens (including phenoxy) is 1. The number of nitrogens with one attached hydrogen (secondary N) is 1. The van der Waals surface area contributed by atoms with Gasteiger partial charge in [0, 0.05) is 25.2 Å². The number of carbonyl (C=O) groups excluding carboxylic acids is 1. The molecule has 0 atom stereocenters. The fourth-order valence-electron chi connectivity index (χ4n) is 1.98. The van der Waals surface area contributed by atoms with E-state index in [1.165, 1.54) is 0 Å². The highest BCUT2D eigenvalue weighted by Crippen LogP contribution is 2.07. The van der Waals surface area contributed by atoms with Crippen molar-refractivity contribution in [3.05, 3.63) is 54.1 Å². The van der Waals surface area contributed by atoms with Gasteiger partial charge in [0.15, 0.2) is 0 Å². The number of nitrogens with zero attached hydrogens (tertiary/aromatic N) is 1. The lowest BCUT2D eigenvalue weighted by molar-refractivity contribution is -0.145. The van der Waals surface area contributed by atoms with E-state index in [0.29, 0.717) is 13.0 Å². The highest BCUT2D eigenvalue weighted by atomic mass is 16.5.